The molecule has 0 aliphatic heterocycles. The maximum absolute atomic E-state index is 13.4. The minimum atomic E-state index is -1.45. The monoisotopic (exact) mass is 646 g/mol. The molecule has 0 rings (SSSR count). The lowest BCUT2D eigenvalue weighted by atomic mass is 9.98. The molecule has 0 radical (unpaired) electrons. The molecule has 0 aliphatic carbocycles. The van der Waals surface area contributed by atoms with Crippen LogP contribution < -0.4 is 49.9 Å². The molecule has 0 unspecified atom stereocenters. The largest absolute Gasteiger partial charge is 0.480 e. The highest BCUT2D eigenvalue weighted by atomic mass is 32.1. The van der Waals surface area contributed by atoms with Crippen molar-refractivity contribution in [1.29, 1.82) is 0 Å². The van der Waals surface area contributed by atoms with Crippen molar-refractivity contribution in [3.8, 4) is 0 Å². The number of amides is 6. The fourth-order valence-electron chi connectivity index (χ4n) is 3.73. The molecule has 18 nitrogen and oxygen atoms in total. The maximum atomic E-state index is 13.4. The third-order valence-electron chi connectivity index (χ3n) is 6.51. The predicted octanol–water partition coefficient (Wildman–Crippen LogP) is -4.10. The summed E-state index contributed by atoms with van der Waals surface area (Å²) in [7, 11) is 0. The van der Waals surface area contributed by atoms with Crippen LogP contribution in [0.25, 0.3) is 0 Å². The second-order valence-corrected chi connectivity index (χ2v) is 10.5. The first-order valence-electron chi connectivity index (χ1n) is 14.0. The Morgan fingerprint density at radius 3 is 1.57 bits per heavy atom. The summed E-state index contributed by atoms with van der Waals surface area (Å²) in [5, 5.41) is 19.3. The Kier molecular flexibility index (Phi) is 18.8. The average Bonchev–Trinajstić information content (AvgIpc) is 2.95. The molecule has 44 heavy (non-hydrogen) atoms. The number of rotatable bonds is 22. The van der Waals surface area contributed by atoms with Gasteiger partial charge < -0.3 is 55.0 Å². The topological polar surface area (TPSA) is 330 Å². The highest BCUT2D eigenvalue weighted by molar-refractivity contribution is 7.80. The van der Waals surface area contributed by atoms with Gasteiger partial charge in [-0.25, -0.2) is 4.79 Å². The molecule has 0 heterocycles. The number of carboxylic acids is 1. The molecular formula is C25H46N10O8S. The summed E-state index contributed by atoms with van der Waals surface area (Å²) in [5.41, 5.74) is 26.7. The van der Waals surface area contributed by atoms with Crippen LogP contribution in [-0.2, 0) is 33.6 Å². The van der Waals surface area contributed by atoms with Crippen LogP contribution in [-0.4, -0.2) is 95.0 Å². The molecule has 0 aliphatic rings. The number of carboxylic acid groups (broad SMARTS) is 1. The summed E-state index contributed by atoms with van der Waals surface area (Å²) in [6, 6.07) is -6.43. The van der Waals surface area contributed by atoms with Crippen LogP contribution >= 0.6 is 12.6 Å². The molecule has 0 aromatic rings. The van der Waals surface area contributed by atoms with E-state index in [1.165, 1.54) is 0 Å². The zero-order chi connectivity index (χ0) is 34.0. The van der Waals surface area contributed by atoms with Crippen LogP contribution in [0.4, 0.5) is 0 Å². The third-order valence-corrected chi connectivity index (χ3v) is 6.91. The van der Waals surface area contributed by atoms with Crippen molar-refractivity contribution in [3.05, 3.63) is 0 Å². The van der Waals surface area contributed by atoms with Gasteiger partial charge in [-0.2, -0.15) is 12.6 Å². The van der Waals surface area contributed by atoms with Gasteiger partial charge in [0.15, 0.2) is 5.96 Å². The number of hydrogen-bond acceptors (Lipinski definition) is 10. The summed E-state index contributed by atoms with van der Waals surface area (Å²) in [5.74, 6) is -6.91. The Hall–Kier alpha value is -4.13. The van der Waals surface area contributed by atoms with E-state index in [2.05, 4.69) is 38.9 Å². The van der Waals surface area contributed by atoms with Crippen LogP contribution in [0.3, 0.4) is 0 Å². The van der Waals surface area contributed by atoms with Crippen LogP contribution in [0, 0.1) is 5.92 Å². The first-order valence-corrected chi connectivity index (χ1v) is 14.6. The molecule has 19 heteroatoms. The Morgan fingerprint density at radius 2 is 1.18 bits per heavy atom. The second-order valence-electron chi connectivity index (χ2n) is 10.1. The summed E-state index contributed by atoms with van der Waals surface area (Å²) in [6.45, 7) is 3.48. The molecule has 250 valence electrons. The van der Waals surface area contributed by atoms with Crippen molar-refractivity contribution in [2.24, 2.45) is 39.6 Å². The number of nitrogens with zero attached hydrogens (tertiary/aromatic N) is 1. The van der Waals surface area contributed by atoms with E-state index in [1.54, 1.807) is 13.8 Å². The lowest BCUT2D eigenvalue weighted by Crippen LogP contribution is -2.59. The molecular weight excluding hydrogens is 600 g/mol. The van der Waals surface area contributed by atoms with Gasteiger partial charge >= 0.3 is 5.97 Å². The molecule has 6 atom stereocenters. The predicted molar refractivity (Wildman–Crippen MR) is 163 cm³/mol. The van der Waals surface area contributed by atoms with Gasteiger partial charge in [0.2, 0.25) is 35.4 Å². The van der Waals surface area contributed by atoms with Gasteiger partial charge in [0.25, 0.3) is 0 Å². The molecule has 0 saturated carbocycles. The first kappa shape index (κ1) is 39.9. The van der Waals surface area contributed by atoms with Gasteiger partial charge in [-0.05, 0) is 31.6 Å². The Balaban J connectivity index is 6.12. The molecule has 0 aromatic carbocycles. The normalized spacial score (nSPS) is 14.8. The third kappa shape index (κ3) is 15.9. The Bertz CT molecular complexity index is 1060. The van der Waals surface area contributed by atoms with Gasteiger partial charge in [0.1, 0.15) is 24.2 Å². The minimum absolute atomic E-state index is 0.0312. The molecule has 0 aromatic heterocycles. The number of aliphatic imine (C=N–C) groups is 1. The highest BCUT2D eigenvalue weighted by Crippen LogP contribution is 2.10. The number of guanidine groups is 1. The molecule has 15 N–H and O–H groups in total. The standard InChI is InChI=1S/C25H46N10O8S/c1-3-12(2)19(24(42)43)35-23(41)14(5-4-10-31-25(29)30)33-22(40)16(7-9-18(28)37)34-21(39)15(6-8-17(27)36)32-20(38)13(26)11-44/h12-16,19,44H,3-11,26H2,1-2H3,(H2,27,36)(H2,28,37)(H,32,38)(H,33,40)(H,34,39)(H,35,41)(H,42,43)(H4,29,30,31)/t12-,13-,14-,15-,16-,19-/m0/s1. The van der Waals surface area contributed by atoms with E-state index < -0.39 is 77.5 Å². The quantitative estimate of drug-likeness (QED) is 0.0232. The summed E-state index contributed by atoms with van der Waals surface area (Å²) in [4.78, 5) is 90.5. The lowest BCUT2D eigenvalue weighted by Gasteiger charge is -2.27. The molecule has 6 amide bonds. The zero-order valence-corrected chi connectivity index (χ0v) is 25.8. The molecule has 0 fully saturated rings. The van der Waals surface area contributed by atoms with E-state index in [0.29, 0.717) is 6.42 Å². The Morgan fingerprint density at radius 1 is 0.750 bits per heavy atom. The SMILES string of the molecule is CC[C@H](C)[C@H](NC(=O)[C@H](CCCN=C(N)N)NC(=O)[C@H](CCC(N)=O)NC(=O)[C@H](CCC(N)=O)NC(=O)[C@@H](N)CS)C(=O)O. The van der Waals surface area contributed by atoms with Gasteiger partial charge in [0, 0.05) is 25.1 Å². The van der Waals surface area contributed by atoms with Gasteiger partial charge in [-0.3, -0.25) is 33.8 Å². The van der Waals surface area contributed by atoms with Crippen molar-refractivity contribution in [2.45, 2.75) is 89.0 Å². The summed E-state index contributed by atoms with van der Waals surface area (Å²) < 4.78 is 0. The van der Waals surface area contributed by atoms with Crippen molar-refractivity contribution in [1.82, 2.24) is 21.3 Å². The van der Waals surface area contributed by atoms with Gasteiger partial charge in [0.05, 0.1) is 6.04 Å². The van der Waals surface area contributed by atoms with Crippen molar-refractivity contribution in [2.75, 3.05) is 12.3 Å². The van der Waals surface area contributed by atoms with Crippen LogP contribution in [0.5, 0.6) is 0 Å². The van der Waals surface area contributed by atoms with Crippen molar-refractivity contribution < 1.29 is 38.7 Å². The number of nitrogens with one attached hydrogen (secondary N) is 4. The number of nitrogens with two attached hydrogens (primary N) is 5. The average molecular weight is 647 g/mol. The first-order chi connectivity index (χ1) is 20.5. The van der Waals surface area contributed by atoms with E-state index in [0.717, 1.165) is 0 Å². The molecule has 0 saturated heterocycles. The summed E-state index contributed by atoms with van der Waals surface area (Å²) in [6.07, 6.45) is -0.584. The number of thiol groups is 1. The fourth-order valence-corrected chi connectivity index (χ4v) is 3.89. The Labute approximate surface area is 260 Å². The number of carbonyl (C=O) groups excluding carboxylic acids is 6. The molecule has 0 bridgehead atoms. The van der Waals surface area contributed by atoms with E-state index in [-0.39, 0.29) is 56.8 Å². The van der Waals surface area contributed by atoms with E-state index in [1.807, 2.05) is 0 Å². The van der Waals surface area contributed by atoms with E-state index in [4.69, 9.17) is 28.7 Å². The van der Waals surface area contributed by atoms with Crippen LogP contribution in [0.1, 0.15) is 58.8 Å². The smallest absolute Gasteiger partial charge is 0.326 e. The fraction of sp³-hybridized carbons (Fsp3) is 0.680. The minimum Gasteiger partial charge on any atom is -0.480 e. The number of aliphatic carboxylic acids is 1. The van der Waals surface area contributed by atoms with Gasteiger partial charge in [-0.1, -0.05) is 20.3 Å². The number of hydrogen-bond donors (Lipinski definition) is 11. The molecule has 0 spiro atoms. The number of primary amides is 2. The highest BCUT2D eigenvalue weighted by Gasteiger charge is 2.33. The number of carbonyl (C=O) groups is 7. The maximum Gasteiger partial charge on any atom is 0.326 e. The van der Waals surface area contributed by atoms with Gasteiger partial charge in [-0.15, -0.1) is 0 Å². The van der Waals surface area contributed by atoms with Crippen LogP contribution in [0.2, 0.25) is 0 Å². The van der Waals surface area contributed by atoms with Crippen LogP contribution in [0.15, 0.2) is 4.99 Å². The lowest BCUT2D eigenvalue weighted by molar-refractivity contribution is -0.144. The van der Waals surface area contributed by atoms with Crippen molar-refractivity contribution in [3.63, 3.8) is 0 Å². The van der Waals surface area contributed by atoms with Crippen molar-refractivity contribution >= 4 is 60.0 Å². The summed E-state index contributed by atoms with van der Waals surface area (Å²) >= 11 is 3.94. The zero-order valence-electron chi connectivity index (χ0n) is 24.9. The second kappa shape index (κ2) is 20.7. The van der Waals surface area contributed by atoms with E-state index >= 15 is 0 Å². The van der Waals surface area contributed by atoms with E-state index in [9.17, 15) is 38.7 Å².